The number of aliphatic hydroxyl groups is 2. The van der Waals surface area contributed by atoms with Crippen LogP contribution in [0.1, 0.15) is 138 Å². The number of ether oxygens (including phenoxy) is 4. The number of methoxy groups -OCH3 is 1. The molecule has 2 atom stereocenters. The van der Waals surface area contributed by atoms with Gasteiger partial charge in [-0.15, -0.1) is 23.7 Å². The van der Waals surface area contributed by atoms with E-state index in [9.17, 15) is 96.9 Å². The van der Waals surface area contributed by atoms with Crippen LogP contribution in [-0.4, -0.2) is 272 Å². The lowest BCUT2D eigenvalue weighted by molar-refractivity contribution is -0.208. The van der Waals surface area contributed by atoms with E-state index in [1.54, 1.807) is 70.4 Å². The Morgan fingerprint density at radius 1 is 0.511 bits per heavy atom. The number of benzene rings is 2. The van der Waals surface area contributed by atoms with E-state index in [0.29, 0.717) is 97.8 Å². The molecule has 4 aliphatic rings. The highest BCUT2D eigenvalue weighted by Crippen LogP contribution is 2.39. The summed E-state index contributed by atoms with van der Waals surface area (Å²) in [6, 6.07) is 21.0. The molecule has 0 radical (unpaired) electrons. The number of anilines is 4. The molecule has 6 N–H and O–H groups in total. The molecule has 4 saturated heterocycles. The summed E-state index contributed by atoms with van der Waals surface area (Å²) in [5.74, 6) is 16.7. The number of amides is 2. The maximum atomic E-state index is 13.9. The predicted octanol–water partition coefficient (Wildman–Crippen LogP) is 8.50. The van der Waals surface area contributed by atoms with Crippen LogP contribution in [0.15, 0.2) is 64.2 Å². The van der Waals surface area contributed by atoms with Crippen molar-refractivity contribution in [3.05, 3.63) is 115 Å². The van der Waals surface area contributed by atoms with Gasteiger partial charge >= 0.3 is 60.8 Å². The minimum atomic E-state index is -5.08. The van der Waals surface area contributed by atoms with E-state index in [0.717, 1.165) is 43.3 Å². The fourth-order valence-electron chi connectivity index (χ4n) is 13.4. The summed E-state index contributed by atoms with van der Waals surface area (Å²) in [4.78, 5) is 122. The molecule has 6 aromatic heterocycles. The van der Waals surface area contributed by atoms with Crippen molar-refractivity contribution in [1.29, 1.82) is 10.5 Å². The van der Waals surface area contributed by atoms with Crippen molar-refractivity contribution >= 4 is 81.9 Å². The van der Waals surface area contributed by atoms with Crippen molar-refractivity contribution in [2.75, 3.05) is 138 Å². The molecule has 0 spiro atoms. The van der Waals surface area contributed by atoms with Crippen molar-refractivity contribution < 1.29 is 121 Å². The standard InChI is InChI=1S/C27H25N7O.C21H29F3N4O5.C20H27N5O5.C15H17F3N6O.2C2HF3O2/c1-2-3-15-33-25-24(30-27(33)32-16-13-29-14-17-32)23(20-9-5-4-6-10-20)31-34(26(25)35)19-22-12-8-7-11-21(22)18-28;1-6-8-9-28-15(17(30)32-7-2)14(16(29)21(22,23)24)25-18(28)26-10-12-27(13-11-26)19(31)33-20(3,4)5;1-6-7-8-25-16(17(27)29-5)15(14(26)13-21)22-18(25)23-9-11-24(12-10-23)19(28)30-20(2,3)4;1-3-4-7-24-11-10(20-14(24)23-8-5-19-6-9-23)12(15(16,17)18)21-22(2)13(11)25;2*3-2(4,5)1(6)7/h4-12,29H,13-17,19H2,1H3;16,29H,7,9-13H2,1-5H3;14,26H,8-12H2,1-5H3;19H,5-9H2,1-2H3;2*(H,6,7). The normalized spacial score (nSPS) is 14.4. The number of fused-ring (bicyclic) bond motifs is 2. The molecule has 4 aliphatic heterocycles. The second kappa shape index (κ2) is 48.0. The number of aliphatic carboxylic acids is 2. The van der Waals surface area contributed by atoms with Crippen molar-refractivity contribution in [2.24, 2.45) is 7.05 Å². The number of hydrogen-bond donors (Lipinski definition) is 6. The molecular weight excluding hydrogens is 1840 g/mol. The first-order chi connectivity index (χ1) is 64.4. The van der Waals surface area contributed by atoms with Gasteiger partial charge in [0.1, 0.15) is 56.4 Å². The SMILES string of the molecule is CC#CCn1c(N2CCN(C(=O)OC(C)(C)C)CC2)nc(C(O)C#N)c1C(=O)OC.CC#CCn1c(N2CCN(C(=O)OC(C)(C)C)CC2)nc(C(O)C(F)(F)F)c1C(=O)OCC.CC#CCn1c(N2CCNCC2)nc2c(-c3ccccc3)nn(Cc3ccccc3C#N)c(=O)c21.CC#CCn1c(N2CCNCC2)nc2c(C(F)(F)F)nn(C)c(=O)c21.O=C(O)C(F)(F)F.O=C(O)C(F)(F)F. The molecule has 0 aliphatic carbocycles. The van der Waals surface area contributed by atoms with Crippen LogP contribution in [0.3, 0.4) is 0 Å². The number of carbonyl (C=O) groups is 6. The van der Waals surface area contributed by atoms with Crippen LogP contribution < -0.4 is 41.4 Å². The van der Waals surface area contributed by atoms with Gasteiger partial charge in [0.2, 0.25) is 23.8 Å². The first-order valence-corrected chi connectivity index (χ1v) is 41.8. The van der Waals surface area contributed by atoms with Crippen molar-refractivity contribution in [3.63, 3.8) is 0 Å². The van der Waals surface area contributed by atoms with Crippen LogP contribution in [0.5, 0.6) is 0 Å². The second-order valence-corrected chi connectivity index (χ2v) is 31.5. The molecule has 12 rings (SSSR count). The third-order valence-electron chi connectivity index (χ3n) is 19.6. The first kappa shape index (κ1) is 109. The number of carboxylic acid groups (broad SMARTS) is 2. The number of carbonyl (C=O) groups excluding carboxylic acids is 4. The molecule has 10 heterocycles. The zero-order valence-corrected chi connectivity index (χ0v) is 76.6. The number of rotatable bonds is 16. The van der Waals surface area contributed by atoms with E-state index in [1.165, 1.54) is 44.4 Å². The fraction of sp³-hybridized carbons (Fsp3) is 0.494. The number of hydrogen-bond acceptors (Lipinski definition) is 28. The minimum Gasteiger partial charge on any atom is -0.475 e. The van der Waals surface area contributed by atoms with E-state index in [2.05, 4.69) is 89.0 Å². The van der Waals surface area contributed by atoms with Gasteiger partial charge in [0.05, 0.1) is 58.1 Å². The van der Waals surface area contributed by atoms with Crippen LogP contribution >= 0.6 is 0 Å². The summed E-state index contributed by atoms with van der Waals surface area (Å²) in [5, 5.41) is 67.6. The number of nitrogens with one attached hydrogen (secondary N) is 2. The van der Waals surface area contributed by atoms with Crippen LogP contribution in [0.2, 0.25) is 0 Å². The maximum absolute atomic E-state index is 13.9. The predicted molar refractivity (Wildman–Crippen MR) is 470 cm³/mol. The first-order valence-electron chi connectivity index (χ1n) is 41.8. The minimum absolute atomic E-state index is 0.0149. The Balaban J connectivity index is 0.000000238. The summed E-state index contributed by atoms with van der Waals surface area (Å²) < 4.78 is 172. The molecule has 8 aromatic rings. The monoisotopic (exact) mass is 1940 g/mol. The van der Waals surface area contributed by atoms with Crippen molar-refractivity contribution in [2.45, 2.75) is 157 Å². The Labute approximate surface area is 776 Å². The number of halogens is 12. The Morgan fingerprint density at radius 2 is 0.898 bits per heavy atom. The zero-order valence-electron chi connectivity index (χ0n) is 76.6. The fourth-order valence-corrected chi connectivity index (χ4v) is 13.4. The van der Waals surface area contributed by atoms with Crippen LogP contribution in [0.4, 0.5) is 86.1 Å². The largest absolute Gasteiger partial charge is 0.490 e. The van der Waals surface area contributed by atoms with Crippen molar-refractivity contribution in [3.8, 4) is 70.8 Å². The van der Waals surface area contributed by atoms with Crippen LogP contribution in [-0.2, 0) is 74.5 Å². The van der Waals surface area contributed by atoms with Gasteiger partial charge in [-0.2, -0.15) is 73.4 Å². The van der Waals surface area contributed by atoms with Crippen LogP contribution in [0, 0.1) is 70.0 Å². The highest BCUT2D eigenvalue weighted by atomic mass is 19.4. The summed E-state index contributed by atoms with van der Waals surface area (Å²) in [6.45, 7) is 27.7. The Kier molecular flexibility index (Phi) is 38.4. The third kappa shape index (κ3) is 29.2. The number of nitriles is 2. The molecule has 4 fully saturated rings. The van der Waals surface area contributed by atoms with Gasteiger partial charge < -0.3 is 79.4 Å². The summed E-state index contributed by atoms with van der Waals surface area (Å²) in [5.41, 5.74) is -1.47. The average molecular weight is 1940 g/mol. The van der Waals surface area contributed by atoms with E-state index in [4.69, 9.17) is 54.1 Å². The van der Waals surface area contributed by atoms with Gasteiger partial charge in [0, 0.05) is 117 Å². The van der Waals surface area contributed by atoms with E-state index in [1.807, 2.05) is 83.7 Å². The summed E-state index contributed by atoms with van der Waals surface area (Å²) >= 11 is 0. The van der Waals surface area contributed by atoms with Crippen LogP contribution in [0.25, 0.3) is 33.3 Å². The number of nitrogens with zero attached hydrogens (tertiary/aromatic N) is 20. The topological polar surface area (TPSA) is 452 Å². The van der Waals surface area contributed by atoms with Gasteiger partial charge in [-0.1, -0.05) is 72.2 Å². The third-order valence-corrected chi connectivity index (χ3v) is 19.6. The van der Waals surface area contributed by atoms with Crippen molar-refractivity contribution in [1.82, 2.24) is 78.2 Å². The lowest BCUT2D eigenvalue weighted by Crippen LogP contribution is -2.50. The summed E-state index contributed by atoms with van der Waals surface area (Å²) in [7, 11) is 2.41. The zero-order chi connectivity index (χ0) is 102. The number of imidazole rings is 4. The number of carboxylic acids is 2. The second-order valence-electron chi connectivity index (χ2n) is 31.5. The molecule has 2 unspecified atom stereocenters. The summed E-state index contributed by atoms with van der Waals surface area (Å²) in [6.07, 6.45) is -25.4. The number of esters is 2. The molecule has 0 saturated carbocycles. The highest BCUT2D eigenvalue weighted by Gasteiger charge is 2.47. The molecule has 2 amide bonds. The number of aliphatic hydroxyl groups excluding tert-OH is 2. The quantitative estimate of drug-likeness (QED) is 0.0173. The van der Waals surface area contributed by atoms with Gasteiger partial charge in [0.15, 0.2) is 29.3 Å². The highest BCUT2D eigenvalue weighted by molar-refractivity contribution is 5.92. The number of piperazine rings is 4. The molecule has 738 valence electrons. The Bertz CT molecular complexity index is 6080. The molecular formula is C87H100F12N22O16. The molecule has 137 heavy (non-hydrogen) atoms. The maximum Gasteiger partial charge on any atom is 0.490 e. The average Bonchev–Trinajstić information content (AvgIpc) is 1.60. The van der Waals surface area contributed by atoms with Gasteiger partial charge in [0.25, 0.3) is 11.1 Å². The van der Waals surface area contributed by atoms with Gasteiger partial charge in [-0.3, -0.25) is 27.9 Å². The van der Waals surface area contributed by atoms with E-state index >= 15 is 0 Å². The van der Waals surface area contributed by atoms with Gasteiger partial charge in [-0.05, 0) is 87.8 Å². The van der Waals surface area contributed by atoms with E-state index in [-0.39, 0.29) is 87.4 Å². The lowest BCUT2D eigenvalue weighted by Gasteiger charge is -2.36. The Morgan fingerprint density at radius 3 is 1.28 bits per heavy atom. The molecule has 0 bridgehead atoms. The van der Waals surface area contributed by atoms with E-state index < -0.39 is 112 Å². The number of aryl methyl sites for hydroxylation is 1. The van der Waals surface area contributed by atoms with Gasteiger partial charge in [-0.25, -0.2) is 58.1 Å². The molecule has 50 heteroatoms. The number of aromatic nitrogens is 12. The molecule has 2 aromatic carbocycles. The Hall–Kier alpha value is -14.6. The smallest absolute Gasteiger partial charge is 0.475 e. The lowest BCUT2D eigenvalue weighted by atomic mass is 10.1. The molecule has 38 nitrogen and oxygen atoms in total. The number of alkyl halides is 12.